The third-order valence-electron chi connectivity index (χ3n) is 2.86. The molecule has 0 aliphatic carbocycles. The van der Waals surface area contributed by atoms with Crippen molar-refractivity contribution >= 4 is 6.03 Å². The predicted octanol–water partition coefficient (Wildman–Crippen LogP) is 2.98. The van der Waals surface area contributed by atoms with E-state index in [2.05, 4.69) is 30.5 Å². The molecule has 1 rings (SSSR count). The summed E-state index contributed by atoms with van der Waals surface area (Å²) in [5, 5.41) is 5.83. The van der Waals surface area contributed by atoms with E-state index < -0.39 is 0 Å². The Labute approximate surface area is 104 Å². The number of hydrogen-bond donors (Lipinski definition) is 2. The molecule has 0 atom stereocenters. The highest BCUT2D eigenvalue weighted by Gasteiger charge is 2.07. The van der Waals surface area contributed by atoms with Gasteiger partial charge in [-0.05, 0) is 25.3 Å². The number of amides is 2. The lowest BCUT2D eigenvalue weighted by molar-refractivity contribution is 0.235. The van der Waals surface area contributed by atoms with Crippen LogP contribution in [0.1, 0.15) is 37.8 Å². The molecule has 2 amide bonds. The molecule has 0 spiro atoms. The first-order valence-corrected chi connectivity index (χ1v) is 6.25. The number of nitrogens with one attached hydrogen (secondary N) is 2. The highest BCUT2D eigenvalue weighted by atomic mass is 16.2. The molecule has 2 N–H and O–H groups in total. The lowest BCUT2D eigenvalue weighted by atomic mass is 10.1. The summed E-state index contributed by atoms with van der Waals surface area (Å²) in [6, 6.07) is 8.34. The summed E-state index contributed by atoms with van der Waals surface area (Å²) in [6.45, 7) is 6.78. The molecule has 0 bridgehead atoms. The summed E-state index contributed by atoms with van der Waals surface area (Å²) >= 11 is 0. The Kier molecular flexibility index (Phi) is 5.53. The number of benzene rings is 1. The Balaban J connectivity index is 2.38. The lowest BCUT2D eigenvalue weighted by Crippen LogP contribution is -2.41. The molecule has 1 aromatic carbocycles. The van der Waals surface area contributed by atoms with E-state index in [0.717, 1.165) is 18.4 Å². The van der Waals surface area contributed by atoms with Crippen LogP contribution in [0.15, 0.2) is 24.3 Å². The van der Waals surface area contributed by atoms with Gasteiger partial charge in [-0.25, -0.2) is 4.79 Å². The van der Waals surface area contributed by atoms with Crippen molar-refractivity contribution in [3.63, 3.8) is 0 Å². The van der Waals surface area contributed by atoms with Crippen LogP contribution >= 0.6 is 0 Å². The summed E-state index contributed by atoms with van der Waals surface area (Å²) in [5.41, 5.74) is 2.34. The van der Waals surface area contributed by atoms with Gasteiger partial charge >= 0.3 is 6.03 Å². The zero-order valence-electron chi connectivity index (χ0n) is 10.9. The average molecular weight is 234 g/mol. The number of urea groups is 1. The predicted molar refractivity (Wildman–Crippen MR) is 70.9 cm³/mol. The zero-order chi connectivity index (χ0) is 12.7. The largest absolute Gasteiger partial charge is 0.335 e. The van der Waals surface area contributed by atoms with Crippen LogP contribution in [0.25, 0.3) is 0 Å². The Bertz CT molecular complexity index is 359. The van der Waals surface area contributed by atoms with Crippen molar-refractivity contribution in [2.24, 2.45) is 0 Å². The van der Waals surface area contributed by atoms with E-state index >= 15 is 0 Å². The van der Waals surface area contributed by atoms with E-state index in [0.29, 0.717) is 6.54 Å². The second-order valence-electron chi connectivity index (χ2n) is 4.33. The molecule has 0 aromatic heterocycles. The molecule has 3 heteroatoms. The Morgan fingerprint density at radius 2 is 2.00 bits per heavy atom. The van der Waals surface area contributed by atoms with E-state index in [4.69, 9.17) is 0 Å². The summed E-state index contributed by atoms with van der Waals surface area (Å²) < 4.78 is 0. The minimum absolute atomic E-state index is 0.0831. The van der Waals surface area contributed by atoms with Gasteiger partial charge in [0.2, 0.25) is 0 Å². The number of aryl methyl sites for hydroxylation is 1. The molecule has 3 nitrogen and oxygen atoms in total. The molecule has 0 fully saturated rings. The molecule has 0 aliphatic rings. The van der Waals surface area contributed by atoms with Crippen LogP contribution in [0, 0.1) is 6.92 Å². The quantitative estimate of drug-likeness (QED) is 0.808. The minimum Gasteiger partial charge on any atom is -0.335 e. The van der Waals surface area contributed by atoms with Gasteiger partial charge in [0, 0.05) is 12.6 Å². The molecule has 0 saturated carbocycles. The second kappa shape index (κ2) is 6.94. The first-order valence-electron chi connectivity index (χ1n) is 6.25. The lowest BCUT2D eigenvalue weighted by Gasteiger charge is -2.15. The van der Waals surface area contributed by atoms with Gasteiger partial charge in [0.05, 0.1) is 0 Å². The fourth-order valence-electron chi connectivity index (χ4n) is 1.73. The third kappa shape index (κ3) is 4.89. The van der Waals surface area contributed by atoms with Crippen molar-refractivity contribution in [2.75, 3.05) is 0 Å². The first-order chi connectivity index (χ1) is 8.15. The van der Waals surface area contributed by atoms with Crippen LogP contribution in [0.5, 0.6) is 0 Å². The normalized spacial score (nSPS) is 10.4. The monoisotopic (exact) mass is 234 g/mol. The van der Waals surface area contributed by atoms with Gasteiger partial charge in [-0.3, -0.25) is 0 Å². The van der Waals surface area contributed by atoms with Crippen LogP contribution in [0.3, 0.4) is 0 Å². The van der Waals surface area contributed by atoms with Gasteiger partial charge in [-0.2, -0.15) is 0 Å². The highest BCUT2D eigenvalue weighted by molar-refractivity contribution is 5.74. The maximum atomic E-state index is 11.6. The molecular formula is C14H22N2O. The topological polar surface area (TPSA) is 41.1 Å². The number of carbonyl (C=O) groups is 1. The smallest absolute Gasteiger partial charge is 0.315 e. The molecular weight excluding hydrogens is 212 g/mol. The maximum absolute atomic E-state index is 11.6. The zero-order valence-corrected chi connectivity index (χ0v) is 10.9. The molecule has 1 aromatic rings. The standard InChI is InChI=1S/C14H22N2O/c1-4-13(5-2)16-14(17)15-10-12-8-6-7-11(3)9-12/h6-9,13H,4-5,10H2,1-3H3,(H2,15,16,17). The van der Waals surface area contributed by atoms with Crippen molar-refractivity contribution in [1.82, 2.24) is 10.6 Å². The summed E-state index contributed by atoms with van der Waals surface area (Å²) in [4.78, 5) is 11.6. The SMILES string of the molecule is CCC(CC)NC(=O)NCc1cccc(C)c1. The Morgan fingerprint density at radius 1 is 1.29 bits per heavy atom. The maximum Gasteiger partial charge on any atom is 0.315 e. The van der Waals surface area contributed by atoms with Crippen LogP contribution < -0.4 is 10.6 Å². The molecule has 0 unspecified atom stereocenters. The van der Waals surface area contributed by atoms with Gasteiger partial charge in [-0.1, -0.05) is 43.7 Å². The van der Waals surface area contributed by atoms with Crippen molar-refractivity contribution < 1.29 is 4.79 Å². The van der Waals surface area contributed by atoms with Crippen LogP contribution in [0.4, 0.5) is 4.79 Å². The van der Waals surface area contributed by atoms with E-state index in [-0.39, 0.29) is 12.1 Å². The molecule has 17 heavy (non-hydrogen) atoms. The van der Waals surface area contributed by atoms with Gasteiger partial charge < -0.3 is 10.6 Å². The second-order valence-corrected chi connectivity index (χ2v) is 4.33. The van der Waals surface area contributed by atoms with Gasteiger partial charge in [0.15, 0.2) is 0 Å². The van der Waals surface area contributed by atoms with Crippen LogP contribution in [0.2, 0.25) is 0 Å². The van der Waals surface area contributed by atoms with Crippen molar-refractivity contribution in [3.8, 4) is 0 Å². The molecule has 0 radical (unpaired) electrons. The van der Waals surface area contributed by atoms with Crippen LogP contribution in [-0.2, 0) is 6.54 Å². The molecule has 94 valence electrons. The molecule has 0 aliphatic heterocycles. The van der Waals surface area contributed by atoms with Crippen molar-refractivity contribution in [3.05, 3.63) is 35.4 Å². The summed E-state index contributed by atoms with van der Waals surface area (Å²) in [7, 11) is 0. The summed E-state index contributed by atoms with van der Waals surface area (Å²) in [6.07, 6.45) is 1.93. The summed E-state index contributed by atoms with van der Waals surface area (Å²) in [5.74, 6) is 0. The third-order valence-corrected chi connectivity index (χ3v) is 2.86. The molecule has 0 heterocycles. The number of carbonyl (C=O) groups excluding carboxylic acids is 1. The molecule has 0 saturated heterocycles. The van der Waals surface area contributed by atoms with E-state index in [1.54, 1.807) is 0 Å². The first kappa shape index (κ1) is 13.6. The van der Waals surface area contributed by atoms with E-state index in [1.807, 2.05) is 25.1 Å². The Morgan fingerprint density at radius 3 is 2.59 bits per heavy atom. The van der Waals surface area contributed by atoms with Crippen molar-refractivity contribution in [2.45, 2.75) is 46.2 Å². The number of rotatable bonds is 5. The fraction of sp³-hybridized carbons (Fsp3) is 0.500. The van der Waals surface area contributed by atoms with Gasteiger partial charge in [0.25, 0.3) is 0 Å². The highest BCUT2D eigenvalue weighted by Crippen LogP contribution is 2.03. The van der Waals surface area contributed by atoms with Gasteiger partial charge in [-0.15, -0.1) is 0 Å². The van der Waals surface area contributed by atoms with Gasteiger partial charge in [0.1, 0.15) is 0 Å². The fourth-order valence-corrected chi connectivity index (χ4v) is 1.73. The number of hydrogen-bond acceptors (Lipinski definition) is 1. The average Bonchev–Trinajstić information content (AvgIpc) is 2.33. The van der Waals surface area contributed by atoms with Crippen molar-refractivity contribution in [1.29, 1.82) is 0 Å². The van der Waals surface area contributed by atoms with E-state index in [1.165, 1.54) is 5.56 Å². The van der Waals surface area contributed by atoms with Crippen LogP contribution in [-0.4, -0.2) is 12.1 Å². The Hall–Kier alpha value is -1.51. The minimum atomic E-state index is -0.0831. The van der Waals surface area contributed by atoms with E-state index in [9.17, 15) is 4.79 Å².